The molecule has 1 heterocycles. The average Bonchev–Trinajstić information content (AvgIpc) is 3.18. The minimum atomic E-state index is -3.97. The van der Waals surface area contributed by atoms with E-state index in [0.717, 1.165) is 43.3 Å². The third-order valence-corrected chi connectivity index (χ3v) is 6.64. The van der Waals surface area contributed by atoms with Gasteiger partial charge in [0.05, 0.1) is 7.11 Å². The average molecular weight is 457 g/mol. The standard InChI is InChI=1S/C19H22BrFN2O3S/c1-26-16-6-4-5-14(11-16)18(23-9-2-3-10-23)13-22-27(24,25)19-12-15(20)7-8-17(19)21/h4-8,11-12,18,22H,2-3,9-10,13H2,1H3. The number of rotatable bonds is 7. The molecule has 1 N–H and O–H groups in total. The van der Waals surface area contributed by atoms with Crippen molar-refractivity contribution in [2.24, 2.45) is 0 Å². The Bertz CT molecular complexity index is 902. The van der Waals surface area contributed by atoms with Crippen molar-refractivity contribution < 1.29 is 17.5 Å². The normalized spacial score (nSPS) is 16.4. The first kappa shape index (κ1) is 20.3. The molecule has 2 aromatic carbocycles. The number of benzene rings is 2. The van der Waals surface area contributed by atoms with E-state index in [1.54, 1.807) is 7.11 Å². The summed E-state index contributed by atoms with van der Waals surface area (Å²) < 4.78 is 47.8. The van der Waals surface area contributed by atoms with Crippen LogP contribution >= 0.6 is 15.9 Å². The highest BCUT2D eigenvalue weighted by Crippen LogP contribution is 2.28. The van der Waals surface area contributed by atoms with E-state index >= 15 is 0 Å². The van der Waals surface area contributed by atoms with Gasteiger partial charge in [-0.25, -0.2) is 17.5 Å². The Balaban J connectivity index is 1.85. The second-order valence-corrected chi connectivity index (χ2v) is 9.11. The zero-order valence-corrected chi connectivity index (χ0v) is 17.4. The number of methoxy groups -OCH3 is 1. The summed E-state index contributed by atoms with van der Waals surface area (Å²) in [5.41, 5.74) is 0.966. The van der Waals surface area contributed by atoms with E-state index in [1.807, 2.05) is 24.3 Å². The molecule has 5 nitrogen and oxygen atoms in total. The highest BCUT2D eigenvalue weighted by atomic mass is 79.9. The quantitative estimate of drug-likeness (QED) is 0.689. The predicted molar refractivity (Wildman–Crippen MR) is 106 cm³/mol. The monoisotopic (exact) mass is 456 g/mol. The van der Waals surface area contributed by atoms with Gasteiger partial charge >= 0.3 is 0 Å². The molecule has 1 saturated heterocycles. The first-order chi connectivity index (χ1) is 12.9. The Labute approximate surface area is 167 Å². The Morgan fingerprint density at radius 3 is 2.67 bits per heavy atom. The highest BCUT2D eigenvalue weighted by molar-refractivity contribution is 9.10. The van der Waals surface area contributed by atoms with Crippen molar-refractivity contribution in [2.45, 2.75) is 23.8 Å². The molecule has 0 radical (unpaired) electrons. The smallest absolute Gasteiger partial charge is 0.243 e. The third kappa shape index (κ3) is 4.87. The number of nitrogens with one attached hydrogen (secondary N) is 1. The van der Waals surface area contributed by atoms with Crippen LogP contribution in [-0.2, 0) is 10.0 Å². The Hall–Kier alpha value is -1.48. The van der Waals surface area contributed by atoms with Crippen LogP contribution in [0.5, 0.6) is 5.75 Å². The van der Waals surface area contributed by atoms with Crippen LogP contribution in [0.3, 0.4) is 0 Å². The molecule has 1 fully saturated rings. The molecule has 0 saturated carbocycles. The largest absolute Gasteiger partial charge is 0.497 e. The number of sulfonamides is 1. The molecule has 0 bridgehead atoms. The molecule has 1 aliphatic heterocycles. The number of ether oxygens (including phenoxy) is 1. The van der Waals surface area contributed by atoms with Gasteiger partial charge in [0.25, 0.3) is 0 Å². The fourth-order valence-electron chi connectivity index (χ4n) is 3.31. The number of likely N-dealkylation sites (tertiary alicyclic amines) is 1. The molecule has 0 aliphatic carbocycles. The molecular formula is C19H22BrFN2O3S. The summed E-state index contributed by atoms with van der Waals surface area (Å²) in [7, 11) is -2.37. The molecule has 1 unspecified atom stereocenters. The molecule has 0 spiro atoms. The third-order valence-electron chi connectivity index (χ3n) is 4.71. The molecule has 0 aromatic heterocycles. The molecule has 0 amide bonds. The van der Waals surface area contributed by atoms with E-state index in [1.165, 1.54) is 12.1 Å². The number of hydrogen-bond acceptors (Lipinski definition) is 4. The summed E-state index contributed by atoms with van der Waals surface area (Å²) in [6, 6.07) is 11.3. The summed E-state index contributed by atoms with van der Waals surface area (Å²) in [6.45, 7) is 1.95. The van der Waals surface area contributed by atoms with Gasteiger partial charge in [-0.3, -0.25) is 4.90 Å². The zero-order chi connectivity index (χ0) is 19.4. The van der Waals surface area contributed by atoms with Crippen LogP contribution < -0.4 is 9.46 Å². The van der Waals surface area contributed by atoms with Crippen LogP contribution in [0.2, 0.25) is 0 Å². The van der Waals surface area contributed by atoms with Gasteiger partial charge in [0.1, 0.15) is 16.5 Å². The summed E-state index contributed by atoms with van der Waals surface area (Å²) in [5.74, 6) is -0.0533. The van der Waals surface area contributed by atoms with E-state index in [0.29, 0.717) is 4.47 Å². The zero-order valence-electron chi connectivity index (χ0n) is 15.0. The van der Waals surface area contributed by atoms with Crippen LogP contribution in [0.4, 0.5) is 4.39 Å². The van der Waals surface area contributed by atoms with Crippen LogP contribution in [0, 0.1) is 5.82 Å². The second kappa shape index (κ2) is 8.68. The van der Waals surface area contributed by atoms with Crippen molar-refractivity contribution in [1.82, 2.24) is 9.62 Å². The summed E-state index contributed by atoms with van der Waals surface area (Å²) >= 11 is 3.19. The van der Waals surface area contributed by atoms with E-state index in [-0.39, 0.29) is 17.5 Å². The van der Waals surface area contributed by atoms with Crippen molar-refractivity contribution in [3.8, 4) is 5.75 Å². The summed E-state index contributed by atoms with van der Waals surface area (Å²) in [6.07, 6.45) is 2.15. The fraction of sp³-hybridized carbons (Fsp3) is 0.368. The van der Waals surface area contributed by atoms with Gasteiger partial charge in [-0.15, -0.1) is 0 Å². The van der Waals surface area contributed by atoms with Crippen molar-refractivity contribution in [3.05, 3.63) is 58.3 Å². The molecule has 2 aromatic rings. The van der Waals surface area contributed by atoms with Gasteiger partial charge < -0.3 is 4.74 Å². The van der Waals surface area contributed by atoms with Crippen LogP contribution in [0.1, 0.15) is 24.4 Å². The lowest BCUT2D eigenvalue weighted by atomic mass is 10.1. The molecule has 146 valence electrons. The molecular weight excluding hydrogens is 435 g/mol. The van der Waals surface area contributed by atoms with Crippen molar-refractivity contribution in [1.29, 1.82) is 0 Å². The lowest BCUT2D eigenvalue weighted by molar-refractivity contribution is 0.246. The van der Waals surface area contributed by atoms with E-state index in [9.17, 15) is 12.8 Å². The minimum absolute atomic E-state index is 0.146. The Kier molecular flexibility index (Phi) is 6.52. The predicted octanol–water partition coefficient (Wildman–Crippen LogP) is 3.71. The fourth-order valence-corrected chi connectivity index (χ4v) is 4.96. The number of nitrogens with zero attached hydrogens (tertiary/aromatic N) is 1. The maximum atomic E-state index is 14.0. The molecule has 27 heavy (non-hydrogen) atoms. The Morgan fingerprint density at radius 2 is 1.96 bits per heavy atom. The summed E-state index contributed by atoms with van der Waals surface area (Å²) in [4.78, 5) is 1.89. The van der Waals surface area contributed by atoms with Crippen molar-refractivity contribution >= 4 is 26.0 Å². The van der Waals surface area contributed by atoms with Gasteiger partial charge in [0.2, 0.25) is 10.0 Å². The van der Waals surface area contributed by atoms with Crippen LogP contribution in [-0.4, -0.2) is 40.1 Å². The molecule has 8 heteroatoms. The van der Waals surface area contributed by atoms with E-state index in [2.05, 4.69) is 25.6 Å². The van der Waals surface area contributed by atoms with E-state index < -0.39 is 15.8 Å². The van der Waals surface area contributed by atoms with Gasteiger partial charge in [-0.1, -0.05) is 28.1 Å². The molecule has 1 aliphatic rings. The van der Waals surface area contributed by atoms with Gasteiger partial charge in [-0.05, 0) is 61.8 Å². The van der Waals surface area contributed by atoms with Gasteiger partial charge in [0.15, 0.2) is 0 Å². The summed E-state index contributed by atoms with van der Waals surface area (Å²) in [5, 5.41) is 0. The number of hydrogen-bond donors (Lipinski definition) is 1. The second-order valence-electron chi connectivity index (χ2n) is 6.46. The Morgan fingerprint density at radius 1 is 1.22 bits per heavy atom. The first-order valence-electron chi connectivity index (χ1n) is 8.73. The van der Waals surface area contributed by atoms with Crippen LogP contribution in [0.15, 0.2) is 51.8 Å². The van der Waals surface area contributed by atoms with Crippen LogP contribution in [0.25, 0.3) is 0 Å². The van der Waals surface area contributed by atoms with Gasteiger partial charge in [-0.2, -0.15) is 0 Å². The van der Waals surface area contributed by atoms with Crippen molar-refractivity contribution in [2.75, 3.05) is 26.7 Å². The number of halogens is 2. The maximum absolute atomic E-state index is 14.0. The highest BCUT2D eigenvalue weighted by Gasteiger charge is 2.27. The topological polar surface area (TPSA) is 58.6 Å². The molecule has 3 rings (SSSR count). The SMILES string of the molecule is COc1cccc(C(CNS(=O)(=O)c2cc(Br)ccc2F)N2CCCC2)c1. The first-order valence-corrected chi connectivity index (χ1v) is 11.0. The lowest BCUT2D eigenvalue weighted by Gasteiger charge is -2.28. The molecule has 1 atom stereocenters. The van der Waals surface area contributed by atoms with Gasteiger partial charge in [0, 0.05) is 17.1 Å². The minimum Gasteiger partial charge on any atom is -0.497 e. The van der Waals surface area contributed by atoms with E-state index in [4.69, 9.17) is 4.74 Å². The lowest BCUT2D eigenvalue weighted by Crippen LogP contribution is -2.37. The van der Waals surface area contributed by atoms with Crippen molar-refractivity contribution in [3.63, 3.8) is 0 Å². The maximum Gasteiger partial charge on any atom is 0.243 e.